The average Bonchev–Trinajstić information content (AvgIpc) is 2.75. The maximum Gasteiger partial charge on any atom is 0.230 e. The van der Waals surface area contributed by atoms with Crippen molar-refractivity contribution in [1.29, 1.82) is 0 Å². The lowest BCUT2D eigenvalue weighted by Gasteiger charge is -2.12. The normalized spacial score (nSPS) is 26.4. The van der Waals surface area contributed by atoms with Crippen molar-refractivity contribution in [2.75, 3.05) is 18.4 Å². The zero-order valence-corrected chi connectivity index (χ0v) is 7.99. The Morgan fingerprint density at radius 2 is 2.57 bits per heavy atom. The van der Waals surface area contributed by atoms with Gasteiger partial charge < -0.3 is 15.2 Å². The fourth-order valence-electron chi connectivity index (χ4n) is 1.66. The predicted molar refractivity (Wildman–Crippen MR) is 50.7 cm³/mol. The van der Waals surface area contributed by atoms with Crippen molar-refractivity contribution in [2.45, 2.75) is 6.92 Å². The van der Waals surface area contributed by atoms with Gasteiger partial charge in [-0.05, 0) is 12.5 Å². The summed E-state index contributed by atoms with van der Waals surface area (Å²) in [6.45, 7) is 3.70. The molecule has 76 valence electrons. The highest BCUT2D eigenvalue weighted by atomic mass is 16.5. The van der Waals surface area contributed by atoms with Gasteiger partial charge in [-0.25, -0.2) is 0 Å². The summed E-state index contributed by atoms with van der Waals surface area (Å²) in [6, 6.07) is 1.63. The summed E-state index contributed by atoms with van der Waals surface area (Å²) in [7, 11) is 0. The zero-order chi connectivity index (χ0) is 9.97. The molecule has 1 fully saturated rings. The van der Waals surface area contributed by atoms with Gasteiger partial charge in [0.25, 0.3) is 0 Å². The van der Waals surface area contributed by atoms with E-state index in [1.807, 2.05) is 0 Å². The molecule has 2 atom stereocenters. The van der Waals surface area contributed by atoms with Crippen molar-refractivity contribution in [3.05, 3.63) is 12.3 Å². The molecule has 1 aromatic rings. The van der Waals surface area contributed by atoms with Crippen molar-refractivity contribution in [2.24, 2.45) is 11.8 Å². The smallest absolute Gasteiger partial charge is 0.230 e. The lowest BCUT2D eigenvalue weighted by Crippen LogP contribution is -2.27. The molecule has 0 saturated carbocycles. The second-order valence-electron chi connectivity index (χ2n) is 3.62. The molecule has 0 unspecified atom stereocenters. The van der Waals surface area contributed by atoms with Crippen LogP contribution in [0.1, 0.15) is 6.92 Å². The Balaban J connectivity index is 1.95. The van der Waals surface area contributed by atoms with E-state index in [0.29, 0.717) is 11.7 Å². The summed E-state index contributed by atoms with van der Waals surface area (Å²) >= 11 is 0. The van der Waals surface area contributed by atoms with E-state index in [1.54, 1.807) is 6.07 Å². The molecule has 0 bridgehead atoms. The third kappa shape index (κ3) is 1.77. The third-order valence-corrected chi connectivity index (χ3v) is 2.54. The molecule has 1 aromatic heterocycles. The summed E-state index contributed by atoms with van der Waals surface area (Å²) in [5.74, 6) is 0.902. The predicted octanol–water partition coefficient (Wildman–Crippen LogP) is 0.469. The quantitative estimate of drug-likeness (QED) is 0.719. The molecule has 1 amide bonds. The van der Waals surface area contributed by atoms with Crippen molar-refractivity contribution in [3.8, 4) is 0 Å². The van der Waals surface area contributed by atoms with Gasteiger partial charge in [-0.3, -0.25) is 4.79 Å². The van der Waals surface area contributed by atoms with E-state index in [-0.39, 0.29) is 11.8 Å². The number of nitrogens with zero attached hydrogens (tertiary/aromatic N) is 1. The Labute approximate surface area is 81.8 Å². The molecule has 0 aliphatic carbocycles. The largest absolute Gasteiger partial charge is 0.363 e. The number of carbonyl (C=O) groups excluding carboxylic acids is 1. The number of anilines is 1. The minimum Gasteiger partial charge on any atom is -0.363 e. The monoisotopic (exact) mass is 195 g/mol. The Morgan fingerprint density at radius 1 is 1.71 bits per heavy atom. The number of aromatic nitrogens is 1. The molecule has 1 aliphatic heterocycles. The van der Waals surface area contributed by atoms with Crippen LogP contribution in [0.25, 0.3) is 0 Å². The molecular weight excluding hydrogens is 182 g/mol. The van der Waals surface area contributed by atoms with Gasteiger partial charge in [0.2, 0.25) is 5.91 Å². The van der Waals surface area contributed by atoms with Crippen LogP contribution in [0.4, 0.5) is 5.82 Å². The first-order valence-electron chi connectivity index (χ1n) is 4.69. The molecule has 1 saturated heterocycles. The summed E-state index contributed by atoms with van der Waals surface area (Å²) in [4.78, 5) is 11.7. The summed E-state index contributed by atoms with van der Waals surface area (Å²) < 4.78 is 4.62. The van der Waals surface area contributed by atoms with Crippen LogP contribution in [0.2, 0.25) is 0 Å². The fraction of sp³-hybridized carbons (Fsp3) is 0.556. The van der Waals surface area contributed by atoms with Gasteiger partial charge in [-0.15, -0.1) is 0 Å². The first-order valence-corrected chi connectivity index (χ1v) is 4.69. The molecule has 5 nitrogen and oxygen atoms in total. The number of rotatable bonds is 2. The lowest BCUT2D eigenvalue weighted by atomic mass is 9.97. The van der Waals surface area contributed by atoms with Crippen LogP contribution < -0.4 is 10.6 Å². The van der Waals surface area contributed by atoms with E-state index in [0.717, 1.165) is 13.1 Å². The third-order valence-electron chi connectivity index (χ3n) is 2.54. The molecule has 2 heterocycles. The first kappa shape index (κ1) is 9.21. The highest BCUT2D eigenvalue weighted by Crippen LogP contribution is 2.17. The number of hydrogen-bond acceptors (Lipinski definition) is 4. The fourth-order valence-corrected chi connectivity index (χ4v) is 1.66. The second kappa shape index (κ2) is 3.79. The van der Waals surface area contributed by atoms with Gasteiger partial charge in [0, 0.05) is 12.6 Å². The Kier molecular flexibility index (Phi) is 2.49. The van der Waals surface area contributed by atoms with Crippen LogP contribution in [0, 0.1) is 11.8 Å². The molecule has 0 aromatic carbocycles. The molecule has 0 radical (unpaired) electrons. The molecular formula is C9H13N3O2. The zero-order valence-electron chi connectivity index (χ0n) is 7.99. The molecule has 2 rings (SSSR count). The van der Waals surface area contributed by atoms with E-state index >= 15 is 0 Å². The van der Waals surface area contributed by atoms with Crippen LogP contribution in [0.15, 0.2) is 16.9 Å². The van der Waals surface area contributed by atoms with Crippen LogP contribution in [0.5, 0.6) is 0 Å². The van der Waals surface area contributed by atoms with Gasteiger partial charge in [0.05, 0.1) is 5.92 Å². The van der Waals surface area contributed by atoms with Crippen LogP contribution in [-0.4, -0.2) is 24.2 Å². The SMILES string of the molecule is C[C@@H]1CNC[C@H]1C(=O)Nc1ccon1. The standard InChI is InChI=1S/C9H13N3O2/c1-6-4-10-5-7(6)9(13)11-8-2-3-14-12-8/h2-3,6-7,10H,4-5H2,1H3,(H,11,12,13)/t6-,7-/m1/s1. The first-order chi connectivity index (χ1) is 6.77. The molecule has 0 spiro atoms. The minimum absolute atomic E-state index is 0.0106. The molecule has 2 N–H and O–H groups in total. The maximum absolute atomic E-state index is 11.7. The Hall–Kier alpha value is -1.36. The van der Waals surface area contributed by atoms with E-state index in [1.165, 1.54) is 6.26 Å². The van der Waals surface area contributed by atoms with Gasteiger partial charge in [0.15, 0.2) is 5.82 Å². The number of amides is 1. The molecule has 5 heteroatoms. The van der Waals surface area contributed by atoms with Crippen molar-refractivity contribution >= 4 is 11.7 Å². The van der Waals surface area contributed by atoms with E-state index < -0.39 is 0 Å². The topological polar surface area (TPSA) is 67.2 Å². The maximum atomic E-state index is 11.7. The van der Waals surface area contributed by atoms with Gasteiger partial charge in [-0.2, -0.15) is 0 Å². The summed E-state index contributed by atoms with van der Waals surface area (Å²) in [6.07, 6.45) is 1.44. The van der Waals surface area contributed by atoms with Gasteiger partial charge in [-0.1, -0.05) is 12.1 Å². The van der Waals surface area contributed by atoms with Crippen molar-refractivity contribution in [1.82, 2.24) is 10.5 Å². The van der Waals surface area contributed by atoms with E-state index in [9.17, 15) is 4.79 Å². The summed E-state index contributed by atoms with van der Waals surface area (Å²) in [5.41, 5.74) is 0. The van der Waals surface area contributed by atoms with Crippen molar-refractivity contribution < 1.29 is 9.32 Å². The van der Waals surface area contributed by atoms with Gasteiger partial charge in [0.1, 0.15) is 6.26 Å². The highest BCUT2D eigenvalue weighted by molar-refractivity contribution is 5.92. The number of carbonyl (C=O) groups is 1. The Morgan fingerprint density at radius 3 is 3.14 bits per heavy atom. The highest BCUT2D eigenvalue weighted by Gasteiger charge is 2.29. The molecule has 1 aliphatic rings. The second-order valence-corrected chi connectivity index (χ2v) is 3.62. The van der Waals surface area contributed by atoms with Gasteiger partial charge >= 0.3 is 0 Å². The minimum atomic E-state index is 0.0106. The van der Waals surface area contributed by atoms with Crippen LogP contribution >= 0.6 is 0 Å². The van der Waals surface area contributed by atoms with E-state index in [4.69, 9.17) is 0 Å². The molecule has 14 heavy (non-hydrogen) atoms. The van der Waals surface area contributed by atoms with Crippen molar-refractivity contribution in [3.63, 3.8) is 0 Å². The average molecular weight is 195 g/mol. The number of hydrogen-bond donors (Lipinski definition) is 2. The van der Waals surface area contributed by atoms with Crippen LogP contribution in [-0.2, 0) is 4.79 Å². The Bertz CT molecular complexity index is 310. The number of nitrogens with one attached hydrogen (secondary N) is 2. The summed E-state index contributed by atoms with van der Waals surface area (Å²) in [5, 5.41) is 9.51. The van der Waals surface area contributed by atoms with E-state index in [2.05, 4.69) is 27.2 Å². The van der Waals surface area contributed by atoms with Crippen LogP contribution in [0.3, 0.4) is 0 Å². The lowest BCUT2D eigenvalue weighted by molar-refractivity contribution is -0.120.